The molecule has 0 bridgehead atoms. The molecule has 3 atom stereocenters. The maximum atomic E-state index is 13.4. The summed E-state index contributed by atoms with van der Waals surface area (Å²) >= 11 is 0. The minimum atomic E-state index is -0.946. The van der Waals surface area contributed by atoms with Gasteiger partial charge in [-0.05, 0) is 50.2 Å². The van der Waals surface area contributed by atoms with Crippen LogP contribution in [0.15, 0.2) is 47.4 Å². The van der Waals surface area contributed by atoms with E-state index in [4.69, 9.17) is 9.47 Å². The number of aromatic amines is 1. The molecule has 4 rings (SSSR count). The molecular formula is C23H23FN4O6. The fraction of sp³-hybridized carbons (Fsp3) is 0.304. The molecule has 2 amide bonds. The Balaban J connectivity index is 1.49. The highest BCUT2D eigenvalue weighted by Crippen LogP contribution is 2.19. The van der Waals surface area contributed by atoms with Crippen LogP contribution in [0.4, 0.5) is 10.1 Å². The molecule has 1 unspecified atom stereocenters. The Bertz CT molecular complexity index is 1320. The van der Waals surface area contributed by atoms with Crippen molar-refractivity contribution in [3.63, 3.8) is 0 Å². The molecule has 3 N–H and O–H groups in total. The molecule has 10 nitrogen and oxygen atoms in total. The highest BCUT2D eigenvalue weighted by molar-refractivity contribution is 6.05. The third-order valence-corrected chi connectivity index (χ3v) is 5.47. The number of cyclic esters (lactones) is 1. The van der Waals surface area contributed by atoms with Crippen LogP contribution in [0.2, 0.25) is 0 Å². The molecule has 0 spiro atoms. The van der Waals surface area contributed by atoms with Gasteiger partial charge in [0.15, 0.2) is 0 Å². The van der Waals surface area contributed by atoms with Crippen LogP contribution >= 0.6 is 0 Å². The van der Waals surface area contributed by atoms with Crippen molar-refractivity contribution in [2.24, 2.45) is 0 Å². The number of carbonyl (C=O) groups excluding carboxylic acids is 3. The molecule has 1 fully saturated rings. The lowest BCUT2D eigenvalue weighted by molar-refractivity contribution is -0.164. The van der Waals surface area contributed by atoms with Crippen molar-refractivity contribution in [1.29, 1.82) is 0 Å². The summed E-state index contributed by atoms with van der Waals surface area (Å²) in [5, 5.41) is 5.72. The largest absolute Gasteiger partial charge is 0.433 e. The lowest BCUT2D eigenvalue weighted by Gasteiger charge is -2.21. The van der Waals surface area contributed by atoms with Gasteiger partial charge < -0.3 is 29.7 Å². The summed E-state index contributed by atoms with van der Waals surface area (Å²) < 4.78 is 25.0. The second kappa shape index (κ2) is 9.48. The number of hydrogen-bond donors (Lipinski definition) is 3. The molecule has 1 aliphatic rings. The summed E-state index contributed by atoms with van der Waals surface area (Å²) in [7, 11) is 0. The van der Waals surface area contributed by atoms with Gasteiger partial charge >= 0.3 is 5.97 Å². The third kappa shape index (κ3) is 4.69. The first-order chi connectivity index (χ1) is 16.3. The summed E-state index contributed by atoms with van der Waals surface area (Å²) in [6, 6.07) is 6.86. The zero-order chi connectivity index (χ0) is 24.4. The normalized spacial score (nSPS) is 18.5. The van der Waals surface area contributed by atoms with E-state index >= 15 is 0 Å². The van der Waals surface area contributed by atoms with Crippen molar-refractivity contribution >= 4 is 34.4 Å². The van der Waals surface area contributed by atoms with Crippen LogP contribution < -0.4 is 16.2 Å². The summed E-state index contributed by atoms with van der Waals surface area (Å²) in [5.74, 6) is -2.03. The molecule has 3 aromatic rings. The molecule has 11 heteroatoms. The average molecular weight is 470 g/mol. The molecule has 0 saturated carbocycles. The first-order valence-corrected chi connectivity index (χ1v) is 10.7. The lowest BCUT2D eigenvalue weighted by Crippen LogP contribution is -2.45. The number of nitrogens with zero attached hydrogens (tertiary/aromatic N) is 1. The number of pyridine rings is 1. The van der Waals surface area contributed by atoms with E-state index in [0.29, 0.717) is 17.5 Å². The van der Waals surface area contributed by atoms with E-state index in [1.165, 1.54) is 54.1 Å². The van der Waals surface area contributed by atoms with Gasteiger partial charge in [0.05, 0.1) is 6.42 Å². The van der Waals surface area contributed by atoms with Gasteiger partial charge in [-0.25, -0.2) is 4.39 Å². The standard InChI is InChI=1S/C23H23FN4O6/c1-3-33-23-18(11-19(29)34-23)27-20(30)12(2)28-8-4-5-16(22(28)32)26-21(31)17-10-13-9-14(24)6-7-15(13)25-17/h4-10,12,18,23,25H,3,11H2,1-2H3,(H,26,31)(H,27,30)/t12?,18-,23+/m0/s1. The minimum Gasteiger partial charge on any atom is -0.433 e. The topological polar surface area (TPSA) is 132 Å². The Labute approximate surface area is 193 Å². The number of amides is 2. The third-order valence-electron chi connectivity index (χ3n) is 5.47. The monoisotopic (exact) mass is 470 g/mol. The van der Waals surface area contributed by atoms with Crippen LogP contribution in [0, 0.1) is 5.82 Å². The predicted octanol–water partition coefficient (Wildman–Crippen LogP) is 2.08. The molecule has 1 aliphatic heterocycles. The number of carbonyl (C=O) groups is 3. The Hall–Kier alpha value is -3.99. The molecule has 0 radical (unpaired) electrons. The molecule has 34 heavy (non-hydrogen) atoms. The maximum Gasteiger partial charge on any atom is 0.310 e. The summed E-state index contributed by atoms with van der Waals surface area (Å²) in [5.41, 5.74) is 0.0837. The average Bonchev–Trinajstić information content (AvgIpc) is 3.37. The smallest absolute Gasteiger partial charge is 0.310 e. The van der Waals surface area contributed by atoms with E-state index in [1.807, 2.05) is 0 Å². The van der Waals surface area contributed by atoms with Crippen molar-refractivity contribution in [2.75, 3.05) is 11.9 Å². The van der Waals surface area contributed by atoms with E-state index in [0.717, 1.165) is 0 Å². The number of fused-ring (bicyclic) bond motifs is 1. The SMILES string of the molecule is CCO[C@@H]1OC(=O)C[C@@H]1NC(=O)C(C)n1cccc(NC(=O)c2cc3cc(F)ccc3[nH]2)c1=O. The summed E-state index contributed by atoms with van der Waals surface area (Å²) in [6.45, 7) is 3.55. The van der Waals surface area contributed by atoms with Gasteiger partial charge in [0.2, 0.25) is 12.2 Å². The second-order valence-electron chi connectivity index (χ2n) is 7.81. The minimum absolute atomic E-state index is 0.0384. The quantitative estimate of drug-likeness (QED) is 0.453. The van der Waals surface area contributed by atoms with Gasteiger partial charge in [0.25, 0.3) is 11.5 Å². The van der Waals surface area contributed by atoms with E-state index < -0.39 is 47.5 Å². The zero-order valence-corrected chi connectivity index (χ0v) is 18.5. The molecule has 0 aliphatic carbocycles. The van der Waals surface area contributed by atoms with Crippen LogP contribution in [0.1, 0.15) is 36.8 Å². The van der Waals surface area contributed by atoms with Crippen LogP contribution in [0.3, 0.4) is 0 Å². The number of nitrogens with one attached hydrogen (secondary N) is 3. The summed E-state index contributed by atoms with van der Waals surface area (Å²) in [4.78, 5) is 52.9. The number of halogens is 1. The molecule has 1 saturated heterocycles. The van der Waals surface area contributed by atoms with Gasteiger partial charge in [0, 0.05) is 23.7 Å². The molecule has 3 heterocycles. The maximum absolute atomic E-state index is 13.4. The lowest BCUT2D eigenvalue weighted by atomic mass is 10.2. The highest BCUT2D eigenvalue weighted by atomic mass is 19.1. The van der Waals surface area contributed by atoms with Gasteiger partial charge in [-0.1, -0.05) is 0 Å². The zero-order valence-electron chi connectivity index (χ0n) is 18.5. The number of ether oxygens (including phenoxy) is 2. The van der Waals surface area contributed by atoms with Crippen LogP contribution in [0.5, 0.6) is 0 Å². The highest BCUT2D eigenvalue weighted by Gasteiger charge is 2.37. The van der Waals surface area contributed by atoms with Crippen molar-refractivity contribution < 1.29 is 28.2 Å². The Morgan fingerprint density at radius 2 is 2.09 bits per heavy atom. The number of benzene rings is 1. The van der Waals surface area contributed by atoms with Gasteiger partial charge in [-0.2, -0.15) is 0 Å². The number of aromatic nitrogens is 2. The van der Waals surface area contributed by atoms with Crippen LogP contribution in [0.25, 0.3) is 10.9 Å². The first-order valence-electron chi connectivity index (χ1n) is 10.7. The summed E-state index contributed by atoms with van der Waals surface area (Å²) in [6.07, 6.45) is 0.494. The van der Waals surface area contributed by atoms with Crippen LogP contribution in [-0.4, -0.2) is 46.3 Å². The Morgan fingerprint density at radius 1 is 1.29 bits per heavy atom. The van der Waals surface area contributed by atoms with E-state index in [2.05, 4.69) is 15.6 Å². The fourth-order valence-corrected chi connectivity index (χ4v) is 3.72. The Morgan fingerprint density at radius 3 is 2.85 bits per heavy atom. The van der Waals surface area contributed by atoms with E-state index in [-0.39, 0.29) is 17.8 Å². The number of rotatable bonds is 7. The van der Waals surface area contributed by atoms with E-state index in [9.17, 15) is 23.6 Å². The van der Waals surface area contributed by atoms with Crippen molar-refractivity contribution in [3.8, 4) is 0 Å². The predicted molar refractivity (Wildman–Crippen MR) is 120 cm³/mol. The number of H-pyrrole nitrogens is 1. The molecule has 1 aromatic carbocycles. The Kier molecular flexibility index (Phi) is 6.46. The van der Waals surface area contributed by atoms with Gasteiger partial charge in [-0.15, -0.1) is 0 Å². The molecule has 178 valence electrons. The number of esters is 1. The van der Waals surface area contributed by atoms with Gasteiger partial charge in [0.1, 0.15) is 29.3 Å². The molecular weight excluding hydrogens is 447 g/mol. The second-order valence-corrected chi connectivity index (χ2v) is 7.81. The van der Waals surface area contributed by atoms with Crippen molar-refractivity contribution in [3.05, 3.63) is 64.5 Å². The first kappa shape index (κ1) is 23.2. The number of hydrogen-bond acceptors (Lipinski definition) is 6. The molecule has 2 aromatic heterocycles. The fourth-order valence-electron chi connectivity index (χ4n) is 3.72. The van der Waals surface area contributed by atoms with Crippen LogP contribution in [-0.2, 0) is 19.1 Å². The van der Waals surface area contributed by atoms with Crippen molar-refractivity contribution in [1.82, 2.24) is 14.9 Å². The van der Waals surface area contributed by atoms with E-state index in [1.54, 1.807) is 6.92 Å². The van der Waals surface area contributed by atoms with Gasteiger partial charge in [-0.3, -0.25) is 19.2 Å². The van der Waals surface area contributed by atoms with Crippen molar-refractivity contribution in [2.45, 2.75) is 38.6 Å². The number of anilines is 1.